The summed E-state index contributed by atoms with van der Waals surface area (Å²) in [6.07, 6.45) is 1.94. The molecule has 116 valence electrons. The van der Waals surface area contributed by atoms with Crippen LogP contribution in [0.15, 0.2) is 47.1 Å². The minimum absolute atomic E-state index is 0.101. The summed E-state index contributed by atoms with van der Waals surface area (Å²) < 4.78 is 15.4. The standard InChI is InChI=1S/C16H12N2O5/c1-21-10-2-3-12-11(8-10)13(15(19)23-16(17)20)14(22-12)9-4-6-18-7-5-9/h2-8H,1H3,(H2,17,20). The fourth-order valence-electron chi connectivity index (χ4n) is 2.26. The monoisotopic (exact) mass is 312 g/mol. The highest BCUT2D eigenvalue weighted by molar-refractivity contribution is 6.11. The van der Waals surface area contributed by atoms with Crippen molar-refractivity contribution in [2.45, 2.75) is 0 Å². The van der Waals surface area contributed by atoms with Crippen LogP contribution in [0.4, 0.5) is 4.79 Å². The number of aromatic nitrogens is 1. The number of amides is 1. The predicted octanol–water partition coefficient (Wildman–Crippen LogP) is 2.74. The maximum Gasteiger partial charge on any atom is 0.412 e. The van der Waals surface area contributed by atoms with Gasteiger partial charge in [-0.2, -0.15) is 0 Å². The van der Waals surface area contributed by atoms with Crippen molar-refractivity contribution in [3.8, 4) is 17.1 Å². The molecule has 0 spiro atoms. The Morgan fingerprint density at radius 3 is 2.57 bits per heavy atom. The van der Waals surface area contributed by atoms with Crippen LogP contribution in [0.5, 0.6) is 5.75 Å². The van der Waals surface area contributed by atoms with Crippen molar-refractivity contribution in [2.24, 2.45) is 5.73 Å². The molecule has 23 heavy (non-hydrogen) atoms. The van der Waals surface area contributed by atoms with Gasteiger partial charge in [0.25, 0.3) is 0 Å². The summed E-state index contributed by atoms with van der Waals surface area (Å²) in [5.41, 5.74) is 6.11. The average Bonchev–Trinajstić information content (AvgIpc) is 2.93. The zero-order chi connectivity index (χ0) is 16.4. The van der Waals surface area contributed by atoms with Crippen LogP contribution in [0.1, 0.15) is 10.4 Å². The molecule has 1 aromatic carbocycles. The first-order valence-electron chi connectivity index (χ1n) is 6.62. The fourth-order valence-corrected chi connectivity index (χ4v) is 2.26. The molecule has 0 bridgehead atoms. The Hall–Kier alpha value is -3.35. The Morgan fingerprint density at radius 2 is 1.91 bits per heavy atom. The number of esters is 1. The van der Waals surface area contributed by atoms with Crippen LogP contribution in [0, 0.1) is 0 Å². The molecule has 2 N–H and O–H groups in total. The van der Waals surface area contributed by atoms with Gasteiger partial charge in [0.1, 0.15) is 22.7 Å². The van der Waals surface area contributed by atoms with Crippen LogP contribution in [-0.4, -0.2) is 24.2 Å². The van der Waals surface area contributed by atoms with Crippen LogP contribution in [0.25, 0.3) is 22.3 Å². The number of nitrogens with two attached hydrogens (primary N) is 1. The minimum atomic E-state index is -1.19. The molecule has 0 fully saturated rings. The largest absolute Gasteiger partial charge is 0.497 e. The maximum absolute atomic E-state index is 12.3. The SMILES string of the molecule is COc1ccc2oc(-c3ccncc3)c(C(=O)OC(N)=O)c2c1. The lowest BCUT2D eigenvalue weighted by atomic mass is 10.1. The number of nitrogens with zero attached hydrogens (tertiary/aromatic N) is 1. The van der Waals surface area contributed by atoms with E-state index in [2.05, 4.69) is 9.72 Å². The van der Waals surface area contributed by atoms with Crippen molar-refractivity contribution in [2.75, 3.05) is 7.11 Å². The molecule has 0 saturated heterocycles. The third-order valence-electron chi connectivity index (χ3n) is 3.24. The van der Waals surface area contributed by atoms with Gasteiger partial charge in [0.05, 0.1) is 7.11 Å². The van der Waals surface area contributed by atoms with E-state index in [1.54, 1.807) is 42.7 Å². The van der Waals surface area contributed by atoms with Crippen LogP contribution in [-0.2, 0) is 4.74 Å². The van der Waals surface area contributed by atoms with E-state index >= 15 is 0 Å². The van der Waals surface area contributed by atoms with Gasteiger partial charge in [-0.05, 0) is 30.3 Å². The Morgan fingerprint density at radius 1 is 1.17 bits per heavy atom. The molecule has 3 aromatic rings. The number of ether oxygens (including phenoxy) is 2. The molecule has 3 rings (SSSR count). The van der Waals surface area contributed by atoms with Crippen LogP contribution >= 0.6 is 0 Å². The summed E-state index contributed by atoms with van der Waals surface area (Å²) in [6.45, 7) is 0. The van der Waals surface area contributed by atoms with E-state index in [1.165, 1.54) is 7.11 Å². The zero-order valence-electron chi connectivity index (χ0n) is 12.1. The second-order valence-corrected chi connectivity index (χ2v) is 4.61. The highest BCUT2D eigenvalue weighted by Gasteiger charge is 2.25. The molecular formula is C16H12N2O5. The Balaban J connectivity index is 2.26. The first kappa shape index (κ1) is 14.6. The second-order valence-electron chi connectivity index (χ2n) is 4.61. The van der Waals surface area contributed by atoms with Crippen molar-refractivity contribution < 1.29 is 23.5 Å². The molecule has 7 heteroatoms. The van der Waals surface area contributed by atoms with E-state index in [-0.39, 0.29) is 11.3 Å². The highest BCUT2D eigenvalue weighted by Crippen LogP contribution is 2.35. The minimum Gasteiger partial charge on any atom is -0.497 e. The summed E-state index contributed by atoms with van der Waals surface area (Å²) in [5, 5.41) is 0.461. The zero-order valence-corrected chi connectivity index (χ0v) is 12.1. The van der Waals surface area contributed by atoms with Crippen LogP contribution in [0.2, 0.25) is 0 Å². The van der Waals surface area contributed by atoms with E-state index < -0.39 is 12.1 Å². The molecular weight excluding hydrogens is 300 g/mol. The van der Waals surface area contributed by atoms with Crippen molar-refractivity contribution in [1.29, 1.82) is 0 Å². The molecule has 0 unspecified atom stereocenters. The molecule has 0 saturated carbocycles. The van der Waals surface area contributed by atoms with Crippen molar-refractivity contribution in [1.82, 2.24) is 4.98 Å². The van der Waals surface area contributed by atoms with Crippen molar-refractivity contribution >= 4 is 23.0 Å². The molecule has 7 nitrogen and oxygen atoms in total. The first-order valence-corrected chi connectivity index (χ1v) is 6.62. The summed E-state index contributed by atoms with van der Waals surface area (Å²) in [4.78, 5) is 27.1. The summed E-state index contributed by atoms with van der Waals surface area (Å²) in [7, 11) is 1.51. The summed E-state index contributed by atoms with van der Waals surface area (Å²) in [6, 6.07) is 8.35. The quantitative estimate of drug-likeness (QED) is 0.589. The number of hydrogen-bond acceptors (Lipinski definition) is 6. The first-order chi connectivity index (χ1) is 11.1. The number of hydrogen-bond donors (Lipinski definition) is 1. The second kappa shape index (κ2) is 5.80. The molecule has 0 aliphatic rings. The number of methoxy groups -OCH3 is 1. The third kappa shape index (κ3) is 2.71. The molecule has 2 aromatic heterocycles. The van der Waals surface area contributed by atoms with Gasteiger partial charge in [0, 0.05) is 23.3 Å². The number of furan rings is 1. The smallest absolute Gasteiger partial charge is 0.412 e. The average molecular weight is 312 g/mol. The van der Waals surface area contributed by atoms with Gasteiger partial charge in [0.15, 0.2) is 0 Å². The van der Waals surface area contributed by atoms with E-state index in [4.69, 9.17) is 14.9 Å². The molecule has 0 atom stereocenters. The van der Waals surface area contributed by atoms with Gasteiger partial charge in [-0.15, -0.1) is 0 Å². The van der Waals surface area contributed by atoms with Crippen LogP contribution < -0.4 is 10.5 Å². The van der Waals surface area contributed by atoms with E-state index in [0.717, 1.165) is 0 Å². The normalized spacial score (nSPS) is 10.5. The lowest BCUT2D eigenvalue weighted by Crippen LogP contribution is -2.18. The lowest BCUT2D eigenvalue weighted by Gasteiger charge is -2.02. The number of carbonyl (C=O) groups excluding carboxylic acids is 2. The predicted molar refractivity (Wildman–Crippen MR) is 81.0 cm³/mol. The number of carbonyl (C=O) groups is 2. The summed E-state index contributed by atoms with van der Waals surface area (Å²) in [5.74, 6) is -0.0917. The molecule has 0 aliphatic carbocycles. The van der Waals surface area contributed by atoms with Gasteiger partial charge in [-0.25, -0.2) is 9.59 Å². The Labute approximate surface area is 130 Å². The van der Waals surface area contributed by atoms with E-state index in [9.17, 15) is 9.59 Å². The Kier molecular flexibility index (Phi) is 3.68. The highest BCUT2D eigenvalue weighted by atomic mass is 16.6. The number of rotatable bonds is 3. The van der Waals surface area contributed by atoms with E-state index in [0.29, 0.717) is 22.3 Å². The lowest BCUT2D eigenvalue weighted by molar-refractivity contribution is 0.0640. The molecule has 0 radical (unpaired) electrons. The number of pyridine rings is 1. The maximum atomic E-state index is 12.3. The Bertz CT molecular complexity index is 886. The van der Waals surface area contributed by atoms with Gasteiger partial charge >= 0.3 is 12.1 Å². The number of benzene rings is 1. The van der Waals surface area contributed by atoms with Gasteiger partial charge in [0.2, 0.25) is 0 Å². The fraction of sp³-hybridized carbons (Fsp3) is 0.0625. The molecule has 0 aliphatic heterocycles. The van der Waals surface area contributed by atoms with Crippen LogP contribution in [0.3, 0.4) is 0 Å². The third-order valence-corrected chi connectivity index (χ3v) is 3.24. The number of primary amides is 1. The van der Waals surface area contributed by atoms with Gasteiger partial charge in [-0.1, -0.05) is 0 Å². The van der Waals surface area contributed by atoms with Crippen molar-refractivity contribution in [3.63, 3.8) is 0 Å². The van der Waals surface area contributed by atoms with Crippen molar-refractivity contribution in [3.05, 3.63) is 48.3 Å². The molecule has 2 heterocycles. The summed E-state index contributed by atoms with van der Waals surface area (Å²) >= 11 is 0. The molecule has 1 amide bonds. The topological polar surface area (TPSA) is 105 Å². The number of fused-ring (bicyclic) bond motifs is 1. The van der Waals surface area contributed by atoms with E-state index in [1.807, 2.05) is 0 Å². The van der Waals surface area contributed by atoms with Gasteiger partial charge in [-0.3, -0.25) is 4.98 Å². The van der Waals surface area contributed by atoms with Gasteiger partial charge < -0.3 is 19.6 Å².